The van der Waals surface area contributed by atoms with Gasteiger partial charge in [-0.2, -0.15) is 5.10 Å². The molecule has 0 fully saturated rings. The van der Waals surface area contributed by atoms with Gasteiger partial charge >= 0.3 is 5.97 Å². The Balaban J connectivity index is 1.88. The number of nitrogens with zero attached hydrogens (tertiary/aromatic N) is 3. The van der Waals surface area contributed by atoms with Crippen LogP contribution in [0, 0.1) is 5.92 Å². The number of hydrogen-bond donors (Lipinski definition) is 2. The molecule has 1 atom stereocenters. The molecule has 2 N–H and O–H groups in total. The fraction of sp³-hybridized carbons (Fsp3) is 0.385. The minimum Gasteiger partial charge on any atom is -0.481 e. The Hall–Kier alpha value is -2.44. The number of fused-ring (bicyclic) bond motifs is 1. The molecule has 2 heterocycles. The quantitative estimate of drug-likeness (QED) is 0.766. The van der Waals surface area contributed by atoms with Crippen LogP contribution in [0.15, 0.2) is 24.8 Å². The molecule has 7 heteroatoms. The first kappa shape index (κ1) is 14.0. The third kappa shape index (κ3) is 3.11. The molecule has 2 aromatic rings. The zero-order valence-electron chi connectivity index (χ0n) is 11.1. The number of aliphatic carboxylic acids is 1. The number of carboxylic acid groups (broad SMARTS) is 1. The summed E-state index contributed by atoms with van der Waals surface area (Å²) in [5.74, 6) is -1.44. The van der Waals surface area contributed by atoms with Crippen molar-refractivity contribution >= 4 is 17.4 Å². The van der Waals surface area contributed by atoms with Crippen LogP contribution in [-0.4, -0.2) is 38.1 Å². The second kappa shape index (κ2) is 6.14. The van der Waals surface area contributed by atoms with Crippen molar-refractivity contribution in [1.29, 1.82) is 0 Å². The average Bonchev–Trinajstić information content (AvgIpc) is 2.87. The van der Waals surface area contributed by atoms with E-state index in [1.165, 1.54) is 6.20 Å². The molecule has 0 radical (unpaired) electrons. The van der Waals surface area contributed by atoms with Crippen molar-refractivity contribution in [2.45, 2.75) is 19.8 Å². The number of amides is 1. The number of aromatic nitrogens is 3. The molecule has 20 heavy (non-hydrogen) atoms. The summed E-state index contributed by atoms with van der Waals surface area (Å²) in [5.41, 5.74) is 1.10. The largest absolute Gasteiger partial charge is 0.481 e. The molecule has 0 aliphatic heterocycles. The van der Waals surface area contributed by atoms with Crippen LogP contribution in [-0.2, 0) is 4.79 Å². The van der Waals surface area contributed by atoms with Gasteiger partial charge in [0.1, 0.15) is 0 Å². The van der Waals surface area contributed by atoms with E-state index in [1.54, 1.807) is 30.0 Å². The van der Waals surface area contributed by atoms with Gasteiger partial charge in [0.2, 0.25) is 0 Å². The zero-order valence-corrected chi connectivity index (χ0v) is 11.1. The lowest BCUT2D eigenvalue weighted by Crippen LogP contribution is -2.25. The highest BCUT2D eigenvalue weighted by molar-refractivity contribution is 6.00. The molecule has 7 nitrogen and oxygen atoms in total. The summed E-state index contributed by atoms with van der Waals surface area (Å²) in [4.78, 5) is 26.6. The molecular formula is C13H16N4O3. The highest BCUT2D eigenvalue weighted by Gasteiger charge is 2.13. The van der Waals surface area contributed by atoms with E-state index in [9.17, 15) is 9.59 Å². The van der Waals surface area contributed by atoms with E-state index in [1.807, 2.05) is 0 Å². The number of carbonyl (C=O) groups excluding carboxylic acids is 1. The molecule has 106 valence electrons. The number of nitrogens with one attached hydrogen (secondary N) is 1. The molecule has 0 aliphatic rings. The Kier molecular flexibility index (Phi) is 4.29. The Bertz CT molecular complexity index is 623. The van der Waals surface area contributed by atoms with Crippen molar-refractivity contribution in [2.24, 2.45) is 5.92 Å². The Labute approximate surface area is 115 Å². The monoisotopic (exact) mass is 276 g/mol. The molecule has 0 aromatic carbocycles. The van der Waals surface area contributed by atoms with Gasteiger partial charge in [0.15, 0.2) is 0 Å². The lowest BCUT2D eigenvalue weighted by molar-refractivity contribution is -0.141. The molecule has 0 saturated carbocycles. The van der Waals surface area contributed by atoms with E-state index in [0.29, 0.717) is 30.5 Å². The summed E-state index contributed by atoms with van der Waals surface area (Å²) in [5, 5.41) is 15.6. The van der Waals surface area contributed by atoms with Crippen molar-refractivity contribution in [3.63, 3.8) is 0 Å². The highest BCUT2D eigenvalue weighted by atomic mass is 16.4. The maximum atomic E-state index is 12.0. The minimum absolute atomic E-state index is 0.226. The van der Waals surface area contributed by atoms with Crippen LogP contribution in [0.25, 0.3) is 5.52 Å². The normalized spacial score (nSPS) is 12.2. The van der Waals surface area contributed by atoms with Gasteiger partial charge in [-0.3, -0.25) is 14.6 Å². The first-order valence-corrected chi connectivity index (χ1v) is 6.38. The molecule has 0 saturated heterocycles. The summed E-state index contributed by atoms with van der Waals surface area (Å²) in [6.07, 6.45) is 7.48. The second-order valence-electron chi connectivity index (χ2n) is 4.60. The van der Waals surface area contributed by atoms with E-state index in [2.05, 4.69) is 15.4 Å². The smallest absolute Gasteiger partial charge is 0.306 e. The maximum Gasteiger partial charge on any atom is 0.306 e. The number of hydrogen-bond acceptors (Lipinski definition) is 4. The molecule has 0 aliphatic carbocycles. The van der Waals surface area contributed by atoms with Gasteiger partial charge in [0.25, 0.3) is 5.91 Å². The summed E-state index contributed by atoms with van der Waals surface area (Å²) in [6, 6.07) is 0. The van der Waals surface area contributed by atoms with E-state index < -0.39 is 11.9 Å². The van der Waals surface area contributed by atoms with Crippen molar-refractivity contribution in [1.82, 2.24) is 19.9 Å². The Morgan fingerprint density at radius 1 is 1.45 bits per heavy atom. The van der Waals surface area contributed by atoms with Gasteiger partial charge in [-0.1, -0.05) is 6.92 Å². The standard InChI is InChI=1S/C13H16N4O3/c1-9(13(19)20)3-2-4-15-12(18)10-7-16-17-6-5-14-8-11(10)17/h5-9H,2-4H2,1H3,(H,15,18)(H,19,20). The molecule has 2 aromatic heterocycles. The number of carbonyl (C=O) groups is 2. The number of carboxylic acids is 1. The van der Waals surface area contributed by atoms with Crippen LogP contribution in [0.1, 0.15) is 30.1 Å². The molecule has 0 bridgehead atoms. The van der Waals surface area contributed by atoms with Crippen molar-refractivity contribution < 1.29 is 14.7 Å². The minimum atomic E-state index is -0.815. The lowest BCUT2D eigenvalue weighted by Gasteiger charge is -2.06. The van der Waals surface area contributed by atoms with Gasteiger partial charge < -0.3 is 10.4 Å². The summed E-state index contributed by atoms with van der Waals surface area (Å²) in [6.45, 7) is 2.09. The Morgan fingerprint density at radius 3 is 3.00 bits per heavy atom. The third-order valence-electron chi connectivity index (χ3n) is 3.09. The van der Waals surface area contributed by atoms with E-state index in [4.69, 9.17) is 5.11 Å². The van der Waals surface area contributed by atoms with E-state index in [-0.39, 0.29) is 5.91 Å². The zero-order chi connectivity index (χ0) is 14.5. The average molecular weight is 276 g/mol. The Morgan fingerprint density at radius 2 is 2.25 bits per heavy atom. The van der Waals surface area contributed by atoms with E-state index in [0.717, 1.165) is 0 Å². The first-order chi connectivity index (χ1) is 9.59. The van der Waals surface area contributed by atoms with Gasteiger partial charge in [-0.15, -0.1) is 0 Å². The van der Waals surface area contributed by atoms with E-state index >= 15 is 0 Å². The van der Waals surface area contributed by atoms with Crippen LogP contribution in [0.2, 0.25) is 0 Å². The first-order valence-electron chi connectivity index (χ1n) is 6.38. The van der Waals surface area contributed by atoms with Crippen molar-refractivity contribution in [3.05, 3.63) is 30.4 Å². The SMILES string of the molecule is CC(CCCNC(=O)c1cnn2ccncc12)C(=O)O. The lowest BCUT2D eigenvalue weighted by atomic mass is 10.1. The van der Waals surface area contributed by atoms with Gasteiger partial charge in [-0.05, 0) is 12.8 Å². The van der Waals surface area contributed by atoms with Gasteiger partial charge in [0.05, 0.1) is 29.4 Å². The fourth-order valence-corrected chi connectivity index (χ4v) is 1.84. The van der Waals surface area contributed by atoms with Crippen LogP contribution in [0.5, 0.6) is 0 Å². The predicted molar refractivity (Wildman–Crippen MR) is 71.4 cm³/mol. The van der Waals surface area contributed by atoms with Gasteiger partial charge in [-0.25, -0.2) is 4.52 Å². The highest BCUT2D eigenvalue weighted by Crippen LogP contribution is 2.09. The molecular weight excluding hydrogens is 260 g/mol. The van der Waals surface area contributed by atoms with Crippen LogP contribution in [0.3, 0.4) is 0 Å². The summed E-state index contributed by atoms with van der Waals surface area (Å²) < 4.78 is 1.58. The topological polar surface area (TPSA) is 96.6 Å². The molecule has 1 unspecified atom stereocenters. The maximum absolute atomic E-state index is 12.0. The van der Waals surface area contributed by atoms with Crippen molar-refractivity contribution in [3.8, 4) is 0 Å². The fourth-order valence-electron chi connectivity index (χ4n) is 1.84. The summed E-state index contributed by atoms with van der Waals surface area (Å²) >= 11 is 0. The number of rotatable bonds is 6. The van der Waals surface area contributed by atoms with Crippen molar-refractivity contribution in [2.75, 3.05) is 6.54 Å². The molecule has 1 amide bonds. The molecule has 0 spiro atoms. The predicted octanol–water partition coefficient (Wildman–Crippen LogP) is 0.960. The van der Waals surface area contributed by atoms with Gasteiger partial charge in [0, 0.05) is 18.9 Å². The van der Waals surface area contributed by atoms with Crippen LogP contribution in [0.4, 0.5) is 0 Å². The molecule has 2 rings (SSSR count). The van der Waals surface area contributed by atoms with Crippen LogP contribution >= 0.6 is 0 Å². The second-order valence-corrected chi connectivity index (χ2v) is 4.60. The van der Waals surface area contributed by atoms with Crippen LogP contribution < -0.4 is 5.32 Å². The third-order valence-corrected chi connectivity index (χ3v) is 3.09. The summed E-state index contributed by atoms with van der Waals surface area (Å²) in [7, 11) is 0.